The van der Waals surface area contributed by atoms with Crippen molar-refractivity contribution in [1.82, 2.24) is 4.98 Å². The molecule has 1 N–H and O–H groups in total. The maximum Gasteiger partial charge on any atom is 0.0181 e. The summed E-state index contributed by atoms with van der Waals surface area (Å²) >= 11 is 0. The second kappa shape index (κ2) is 5.23. The molecule has 0 fully saturated rings. The van der Waals surface area contributed by atoms with Gasteiger partial charge in [0.1, 0.15) is 0 Å². The Morgan fingerprint density at radius 3 is 2.07 bits per heavy atom. The third-order valence-corrected chi connectivity index (χ3v) is 2.92. The fraction of sp³-hybridized carbons (Fsp3) is 0.692. The van der Waals surface area contributed by atoms with Gasteiger partial charge in [0.05, 0.1) is 0 Å². The lowest BCUT2D eigenvalue weighted by molar-refractivity contribution is 0.873. The highest BCUT2D eigenvalue weighted by Crippen LogP contribution is 2.21. The van der Waals surface area contributed by atoms with Crippen molar-refractivity contribution >= 4 is 0 Å². The Morgan fingerprint density at radius 2 is 1.57 bits per heavy atom. The van der Waals surface area contributed by atoms with Gasteiger partial charge >= 0.3 is 0 Å². The summed E-state index contributed by atoms with van der Waals surface area (Å²) < 4.78 is 0. The van der Waals surface area contributed by atoms with Crippen LogP contribution in [-0.4, -0.2) is 4.98 Å². The number of rotatable bonds is 5. The fourth-order valence-corrected chi connectivity index (χ4v) is 2.15. The minimum atomic E-state index is 1.14. The minimum Gasteiger partial charge on any atom is -0.362 e. The quantitative estimate of drug-likeness (QED) is 0.732. The average Bonchev–Trinajstić information content (AvgIpc) is 2.47. The molecule has 0 aliphatic rings. The zero-order chi connectivity index (χ0) is 10.6. The molecule has 1 rings (SSSR count). The summed E-state index contributed by atoms with van der Waals surface area (Å²) in [5.41, 5.74) is 6.03. The highest BCUT2D eigenvalue weighted by atomic mass is 14.7. The van der Waals surface area contributed by atoms with E-state index in [0.29, 0.717) is 0 Å². The van der Waals surface area contributed by atoms with Crippen LogP contribution in [0.3, 0.4) is 0 Å². The number of hydrogen-bond donors (Lipinski definition) is 1. The van der Waals surface area contributed by atoms with Crippen LogP contribution in [0.15, 0.2) is 0 Å². The first kappa shape index (κ1) is 11.4. The van der Waals surface area contributed by atoms with Crippen LogP contribution in [0.5, 0.6) is 0 Å². The van der Waals surface area contributed by atoms with Crippen LogP contribution >= 0.6 is 0 Å². The summed E-state index contributed by atoms with van der Waals surface area (Å²) in [7, 11) is 0. The molecule has 1 aromatic heterocycles. The lowest BCUT2D eigenvalue weighted by atomic mass is 10.0. The SMILES string of the molecule is CCCc1[nH]c(CC)c(CCC)c1C. The van der Waals surface area contributed by atoms with Crippen LogP contribution in [0, 0.1) is 6.92 Å². The van der Waals surface area contributed by atoms with E-state index in [2.05, 4.69) is 32.7 Å². The number of aryl methyl sites for hydroxylation is 2. The summed E-state index contributed by atoms with van der Waals surface area (Å²) in [4.78, 5) is 3.59. The Bertz CT molecular complexity index is 284. The van der Waals surface area contributed by atoms with E-state index in [-0.39, 0.29) is 0 Å². The van der Waals surface area contributed by atoms with Gasteiger partial charge in [-0.3, -0.25) is 0 Å². The molecular weight excluding hydrogens is 170 g/mol. The Morgan fingerprint density at radius 1 is 0.929 bits per heavy atom. The van der Waals surface area contributed by atoms with Gasteiger partial charge in [0.15, 0.2) is 0 Å². The van der Waals surface area contributed by atoms with Crippen molar-refractivity contribution in [3.05, 3.63) is 22.5 Å². The van der Waals surface area contributed by atoms with E-state index in [0.717, 1.165) is 6.42 Å². The molecule has 1 heteroatoms. The monoisotopic (exact) mass is 193 g/mol. The molecule has 0 aliphatic heterocycles. The molecule has 80 valence electrons. The van der Waals surface area contributed by atoms with E-state index in [1.165, 1.54) is 42.6 Å². The van der Waals surface area contributed by atoms with Crippen molar-refractivity contribution in [1.29, 1.82) is 0 Å². The van der Waals surface area contributed by atoms with E-state index in [4.69, 9.17) is 0 Å². The van der Waals surface area contributed by atoms with E-state index < -0.39 is 0 Å². The van der Waals surface area contributed by atoms with Crippen LogP contribution in [-0.2, 0) is 19.3 Å². The lowest BCUT2D eigenvalue weighted by Crippen LogP contribution is -1.90. The minimum absolute atomic E-state index is 1.14. The van der Waals surface area contributed by atoms with Crippen molar-refractivity contribution in [3.8, 4) is 0 Å². The van der Waals surface area contributed by atoms with Gasteiger partial charge in [-0.05, 0) is 37.3 Å². The molecule has 1 aromatic rings. The zero-order valence-corrected chi connectivity index (χ0v) is 10.0. The molecular formula is C13H23N. The van der Waals surface area contributed by atoms with E-state index in [1.54, 1.807) is 5.56 Å². The third-order valence-electron chi connectivity index (χ3n) is 2.92. The Kier molecular flexibility index (Phi) is 4.24. The van der Waals surface area contributed by atoms with Gasteiger partial charge in [0, 0.05) is 11.4 Å². The predicted molar refractivity (Wildman–Crippen MR) is 62.9 cm³/mol. The third kappa shape index (κ3) is 2.20. The van der Waals surface area contributed by atoms with Crippen LogP contribution in [0.1, 0.15) is 56.1 Å². The topological polar surface area (TPSA) is 15.8 Å². The molecule has 0 unspecified atom stereocenters. The van der Waals surface area contributed by atoms with Gasteiger partial charge in [0.25, 0.3) is 0 Å². The van der Waals surface area contributed by atoms with Gasteiger partial charge in [-0.15, -0.1) is 0 Å². The fourth-order valence-electron chi connectivity index (χ4n) is 2.15. The molecule has 0 radical (unpaired) electrons. The number of H-pyrrole nitrogens is 1. The largest absolute Gasteiger partial charge is 0.362 e. The molecule has 14 heavy (non-hydrogen) atoms. The summed E-state index contributed by atoms with van der Waals surface area (Å²) in [5.74, 6) is 0. The first-order valence-corrected chi connectivity index (χ1v) is 5.93. The molecule has 1 heterocycles. The van der Waals surface area contributed by atoms with Gasteiger partial charge in [-0.1, -0.05) is 33.6 Å². The van der Waals surface area contributed by atoms with Gasteiger partial charge in [0.2, 0.25) is 0 Å². The maximum absolute atomic E-state index is 3.59. The van der Waals surface area contributed by atoms with Crippen LogP contribution in [0.4, 0.5) is 0 Å². The Hall–Kier alpha value is -0.720. The molecule has 0 spiro atoms. The average molecular weight is 193 g/mol. The molecule has 0 amide bonds. The second-order valence-electron chi connectivity index (χ2n) is 4.04. The van der Waals surface area contributed by atoms with Crippen molar-refractivity contribution < 1.29 is 0 Å². The first-order valence-electron chi connectivity index (χ1n) is 5.93. The smallest absolute Gasteiger partial charge is 0.0181 e. The normalized spacial score (nSPS) is 10.9. The number of aromatic nitrogens is 1. The maximum atomic E-state index is 3.59. The highest BCUT2D eigenvalue weighted by Gasteiger charge is 2.10. The van der Waals surface area contributed by atoms with Crippen LogP contribution < -0.4 is 0 Å². The highest BCUT2D eigenvalue weighted by molar-refractivity contribution is 5.36. The molecule has 0 aliphatic carbocycles. The number of hydrogen-bond acceptors (Lipinski definition) is 0. The summed E-state index contributed by atoms with van der Waals surface area (Å²) in [6.45, 7) is 9.00. The lowest BCUT2D eigenvalue weighted by Gasteiger charge is -2.01. The first-order chi connectivity index (χ1) is 6.74. The standard InChI is InChI=1S/C13H23N/c1-5-8-11-10(4)13(9-6-2)14-12(11)7-3/h14H,5-9H2,1-4H3. The summed E-state index contributed by atoms with van der Waals surface area (Å²) in [6.07, 6.45) is 6.05. The molecule has 0 saturated carbocycles. The van der Waals surface area contributed by atoms with Crippen LogP contribution in [0.25, 0.3) is 0 Å². The van der Waals surface area contributed by atoms with E-state index >= 15 is 0 Å². The van der Waals surface area contributed by atoms with E-state index in [9.17, 15) is 0 Å². The van der Waals surface area contributed by atoms with Crippen molar-refractivity contribution in [2.75, 3.05) is 0 Å². The Balaban J connectivity index is 2.98. The van der Waals surface area contributed by atoms with Gasteiger partial charge < -0.3 is 4.98 Å². The van der Waals surface area contributed by atoms with Crippen LogP contribution in [0.2, 0.25) is 0 Å². The number of nitrogens with one attached hydrogen (secondary N) is 1. The Labute approximate surface area is 87.9 Å². The van der Waals surface area contributed by atoms with Crippen molar-refractivity contribution in [2.24, 2.45) is 0 Å². The zero-order valence-electron chi connectivity index (χ0n) is 10.0. The van der Waals surface area contributed by atoms with Gasteiger partial charge in [-0.25, -0.2) is 0 Å². The van der Waals surface area contributed by atoms with Gasteiger partial charge in [-0.2, -0.15) is 0 Å². The molecule has 1 nitrogen and oxygen atoms in total. The summed E-state index contributed by atoms with van der Waals surface area (Å²) in [5, 5.41) is 0. The molecule has 0 atom stereocenters. The molecule has 0 aromatic carbocycles. The molecule has 0 bridgehead atoms. The molecule has 0 saturated heterocycles. The second-order valence-corrected chi connectivity index (χ2v) is 4.04. The number of aromatic amines is 1. The van der Waals surface area contributed by atoms with Crippen molar-refractivity contribution in [3.63, 3.8) is 0 Å². The van der Waals surface area contributed by atoms with Crippen molar-refractivity contribution in [2.45, 2.75) is 59.8 Å². The predicted octanol–water partition coefficient (Wildman–Crippen LogP) is 3.79. The van der Waals surface area contributed by atoms with E-state index in [1.807, 2.05) is 0 Å². The summed E-state index contributed by atoms with van der Waals surface area (Å²) in [6, 6.07) is 0.